The summed E-state index contributed by atoms with van der Waals surface area (Å²) in [5.74, 6) is 1.12. The first-order valence-corrected chi connectivity index (χ1v) is 6.16. The molecule has 0 saturated heterocycles. The van der Waals surface area contributed by atoms with Gasteiger partial charge in [0.1, 0.15) is 23.0 Å². The van der Waals surface area contributed by atoms with Crippen molar-refractivity contribution in [1.29, 1.82) is 0 Å². The summed E-state index contributed by atoms with van der Waals surface area (Å²) in [7, 11) is 3.04. The number of benzene rings is 3. The van der Waals surface area contributed by atoms with Gasteiger partial charge in [0, 0.05) is 10.8 Å². The fourth-order valence-corrected chi connectivity index (χ4v) is 2.54. The molecule has 0 fully saturated rings. The quantitative estimate of drug-likeness (QED) is 0.553. The molecule has 3 aromatic carbocycles. The number of phenolic OH excluding ortho intramolecular Hbond substituents is 2. The first-order valence-electron chi connectivity index (χ1n) is 6.16. The van der Waals surface area contributed by atoms with Gasteiger partial charge in [0.25, 0.3) is 0 Å². The summed E-state index contributed by atoms with van der Waals surface area (Å²) in [5.41, 5.74) is 0. The number of hydrogen-bond donors (Lipinski definition) is 2. The Labute approximate surface area is 115 Å². The van der Waals surface area contributed by atoms with Crippen molar-refractivity contribution in [3.8, 4) is 23.0 Å². The predicted molar refractivity (Wildman–Crippen MR) is 77.9 cm³/mol. The Hall–Kier alpha value is -2.62. The molecule has 102 valence electrons. The lowest BCUT2D eigenvalue weighted by atomic mass is 9.99. The van der Waals surface area contributed by atoms with Crippen LogP contribution >= 0.6 is 0 Å². The fraction of sp³-hybridized carbons (Fsp3) is 0.125. The molecule has 0 bridgehead atoms. The molecule has 0 atom stereocenters. The largest absolute Gasteiger partial charge is 0.507 e. The SMILES string of the molecule is COc1ccc(OC)c2c(O)c3ccccc3c(O)c12. The van der Waals surface area contributed by atoms with E-state index >= 15 is 0 Å². The second-order valence-electron chi connectivity index (χ2n) is 4.46. The number of ether oxygens (including phenoxy) is 2. The highest BCUT2D eigenvalue weighted by molar-refractivity contribution is 6.14. The Morgan fingerprint density at radius 1 is 0.700 bits per heavy atom. The van der Waals surface area contributed by atoms with E-state index in [-0.39, 0.29) is 11.5 Å². The van der Waals surface area contributed by atoms with Gasteiger partial charge in [0.05, 0.1) is 25.0 Å². The van der Waals surface area contributed by atoms with Gasteiger partial charge in [0.15, 0.2) is 0 Å². The van der Waals surface area contributed by atoms with Crippen LogP contribution in [0.15, 0.2) is 36.4 Å². The van der Waals surface area contributed by atoms with E-state index < -0.39 is 0 Å². The number of methoxy groups -OCH3 is 2. The Balaban J connectivity index is 2.64. The van der Waals surface area contributed by atoms with Gasteiger partial charge < -0.3 is 19.7 Å². The average Bonchev–Trinajstić information content (AvgIpc) is 2.51. The van der Waals surface area contributed by atoms with Crippen LogP contribution in [-0.4, -0.2) is 24.4 Å². The van der Waals surface area contributed by atoms with E-state index in [9.17, 15) is 10.2 Å². The van der Waals surface area contributed by atoms with Crippen molar-refractivity contribution in [2.75, 3.05) is 14.2 Å². The molecular formula is C16H14O4. The van der Waals surface area contributed by atoms with Crippen LogP contribution in [0.1, 0.15) is 0 Å². The summed E-state index contributed by atoms with van der Waals surface area (Å²) in [6.45, 7) is 0. The Morgan fingerprint density at radius 2 is 1.10 bits per heavy atom. The highest BCUT2D eigenvalue weighted by Crippen LogP contribution is 2.48. The number of phenols is 2. The van der Waals surface area contributed by atoms with Crippen LogP contribution in [-0.2, 0) is 0 Å². The first-order chi connectivity index (χ1) is 9.69. The smallest absolute Gasteiger partial charge is 0.135 e. The van der Waals surface area contributed by atoms with Gasteiger partial charge in [-0.25, -0.2) is 0 Å². The number of fused-ring (bicyclic) bond motifs is 2. The van der Waals surface area contributed by atoms with E-state index in [1.807, 2.05) is 0 Å². The van der Waals surface area contributed by atoms with Gasteiger partial charge in [-0.3, -0.25) is 0 Å². The van der Waals surface area contributed by atoms with E-state index in [1.165, 1.54) is 14.2 Å². The maximum Gasteiger partial charge on any atom is 0.135 e. The molecule has 0 aromatic heterocycles. The zero-order valence-corrected chi connectivity index (χ0v) is 11.2. The first kappa shape index (κ1) is 12.4. The monoisotopic (exact) mass is 270 g/mol. The van der Waals surface area contributed by atoms with Crippen molar-refractivity contribution in [3.05, 3.63) is 36.4 Å². The molecule has 4 nitrogen and oxygen atoms in total. The van der Waals surface area contributed by atoms with E-state index in [1.54, 1.807) is 36.4 Å². The summed E-state index contributed by atoms with van der Waals surface area (Å²) < 4.78 is 10.6. The highest BCUT2D eigenvalue weighted by Gasteiger charge is 2.19. The van der Waals surface area contributed by atoms with Crippen molar-refractivity contribution < 1.29 is 19.7 Å². The molecule has 4 heteroatoms. The molecule has 0 unspecified atom stereocenters. The van der Waals surface area contributed by atoms with Gasteiger partial charge in [-0.05, 0) is 12.1 Å². The molecular weight excluding hydrogens is 256 g/mol. The molecule has 0 amide bonds. The van der Waals surface area contributed by atoms with Gasteiger partial charge in [-0.1, -0.05) is 24.3 Å². The molecule has 0 heterocycles. The summed E-state index contributed by atoms with van der Waals surface area (Å²) in [4.78, 5) is 0. The Kier molecular flexibility index (Phi) is 2.79. The minimum absolute atomic E-state index is 0.0733. The molecule has 20 heavy (non-hydrogen) atoms. The van der Waals surface area contributed by atoms with Crippen LogP contribution in [0.4, 0.5) is 0 Å². The van der Waals surface area contributed by atoms with Crippen molar-refractivity contribution in [2.45, 2.75) is 0 Å². The predicted octanol–water partition coefficient (Wildman–Crippen LogP) is 3.42. The highest BCUT2D eigenvalue weighted by atomic mass is 16.5. The van der Waals surface area contributed by atoms with Crippen LogP contribution in [0.3, 0.4) is 0 Å². The lowest BCUT2D eigenvalue weighted by Gasteiger charge is -2.15. The van der Waals surface area contributed by atoms with Gasteiger partial charge in [0.2, 0.25) is 0 Å². The van der Waals surface area contributed by atoms with Crippen LogP contribution in [0, 0.1) is 0 Å². The van der Waals surface area contributed by atoms with Crippen molar-refractivity contribution in [1.82, 2.24) is 0 Å². The maximum absolute atomic E-state index is 10.5. The van der Waals surface area contributed by atoms with Crippen molar-refractivity contribution >= 4 is 21.5 Å². The third kappa shape index (κ3) is 1.54. The molecule has 3 aromatic rings. The molecule has 0 aliphatic rings. The van der Waals surface area contributed by atoms with Crippen LogP contribution in [0.2, 0.25) is 0 Å². The van der Waals surface area contributed by atoms with Gasteiger partial charge in [-0.15, -0.1) is 0 Å². The zero-order valence-electron chi connectivity index (χ0n) is 11.2. The summed E-state index contributed by atoms with van der Waals surface area (Å²) in [6.07, 6.45) is 0. The van der Waals surface area contributed by atoms with E-state index in [0.717, 1.165) is 0 Å². The minimum Gasteiger partial charge on any atom is -0.507 e. The molecule has 0 aliphatic carbocycles. The van der Waals surface area contributed by atoms with E-state index in [0.29, 0.717) is 33.0 Å². The molecule has 0 spiro atoms. The van der Waals surface area contributed by atoms with E-state index in [4.69, 9.17) is 9.47 Å². The zero-order chi connectivity index (χ0) is 14.3. The van der Waals surface area contributed by atoms with Crippen molar-refractivity contribution in [3.63, 3.8) is 0 Å². The van der Waals surface area contributed by atoms with Crippen LogP contribution in [0.25, 0.3) is 21.5 Å². The summed E-state index contributed by atoms with van der Waals surface area (Å²) in [6, 6.07) is 10.5. The number of rotatable bonds is 2. The number of hydrogen-bond acceptors (Lipinski definition) is 4. The topological polar surface area (TPSA) is 58.9 Å². The third-order valence-electron chi connectivity index (χ3n) is 3.48. The normalized spacial score (nSPS) is 10.9. The van der Waals surface area contributed by atoms with Gasteiger partial charge in [-0.2, -0.15) is 0 Å². The summed E-state index contributed by atoms with van der Waals surface area (Å²) >= 11 is 0. The maximum atomic E-state index is 10.5. The molecule has 3 rings (SSSR count). The average molecular weight is 270 g/mol. The third-order valence-corrected chi connectivity index (χ3v) is 3.48. The molecule has 0 aliphatic heterocycles. The lowest BCUT2D eigenvalue weighted by molar-refractivity contribution is 0.405. The Bertz CT molecular complexity index is 741. The minimum atomic E-state index is 0.0733. The molecule has 2 N–H and O–H groups in total. The lowest BCUT2D eigenvalue weighted by Crippen LogP contribution is -1.91. The second-order valence-corrected chi connectivity index (χ2v) is 4.46. The van der Waals surface area contributed by atoms with Crippen molar-refractivity contribution in [2.24, 2.45) is 0 Å². The summed E-state index contributed by atoms with van der Waals surface area (Å²) in [5, 5.41) is 23.1. The van der Waals surface area contributed by atoms with E-state index in [2.05, 4.69) is 0 Å². The molecule has 0 saturated carbocycles. The number of aromatic hydroxyl groups is 2. The standard InChI is InChI=1S/C16H14O4/c1-19-11-7-8-12(20-2)14-13(11)15(17)9-5-3-4-6-10(9)16(14)18/h3-8,17-18H,1-2H3. The molecule has 0 radical (unpaired) electrons. The Morgan fingerprint density at radius 3 is 1.45 bits per heavy atom. The van der Waals surface area contributed by atoms with Crippen LogP contribution in [0.5, 0.6) is 23.0 Å². The van der Waals surface area contributed by atoms with Crippen LogP contribution < -0.4 is 9.47 Å². The van der Waals surface area contributed by atoms with Gasteiger partial charge >= 0.3 is 0 Å². The fourth-order valence-electron chi connectivity index (χ4n) is 2.54. The second kappa shape index (κ2) is 4.49.